The number of nitrogens with zero attached hydrogens (tertiary/aromatic N) is 2. The Morgan fingerprint density at radius 2 is 1.89 bits per heavy atom. The highest BCUT2D eigenvalue weighted by Gasteiger charge is 2.13. The van der Waals surface area contributed by atoms with Crippen molar-refractivity contribution < 1.29 is 9.53 Å². The summed E-state index contributed by atoms with van der Waals surface area (Å²) < 4.78 is 4.47. The van der Waals surface area contributed by atoms with Gasteiger partial charge in [-0.15, -0.1) is 10.2 Å². The summed E-state index contributed by atoms with van der Waals surface area (Å²) >= 11 is 0. The molecule has 0 bridgehead atoms. The Kier molecular flexibility index (Phi) is 4.33. The second kappa shape index (κ2) is 6.18. The quantitative estimate of drug-likeness (QED) is 0.861. The second-order valence-corrected chi connectivity index (χ2v) is 4.40. The zero-order valence-corrected chi connectivity index (χ0v) is 10.5. The molecule has 6 nitrogen and oxygen atoms in total. The van der Waals surface area contributed by atoms with E-state index in [4.69, 9.17) is 0 Å². The average molecular weight is 250 g/mol. The van der Waals surface area contributed by atoms with Crippen LogP contribution in [0.3, 0.4) is 0 Å². The Hall–Kier alpha value is -1.85. The van der Waals surface area contributed by atoms with Gasteiger partial charge in [0.1, 0.15) is 5.82 Å². The first-order chi connectivity index (χ1) is 8.78. The van der Waals surface area contributed by atoms with Gasteiger partial charge >= 0.3 is 6.09 Å². The summed E-state index contributed by atoms with van der Waals surface area (Å²) in [6.45, 7) is 0. The van der Waals surface area contributed by atoms with Crippen LogP contribution in [0.15, 0.2) is 12.1 Å². The van der Waals surface area contributed by atoms with E-state index in [1.807, 2.05) is 6.07 Å². The van der Waals surface area contributed by atoms with Crippen molar-refractivity contribution in [3.63, 3.8) is 0 Å². The molecule has 1 fully saturated rings. The van der Waals surface area contributed by atoms with Gasteiger partial charge in [-0.25, -0.2) is 4.79 Å². The SMILES string of the molecule is COC(=O)Nc1ccc(NC2CCCCC2)nn1. The van der Waals surface area contributed by atoms with E-state index >= 15 is 0 Å². The van der Waals surface area contributed by atoms with Crippen LogP contribution in [0, 0.1) is 0 Å². The van der Waals surface area contributed by atoms with Crippen LogP contribution in [-0.4, -0.2) is 29.4 Å². The van der Waals surface area contributed by atoms with E-state index < -0.39 is 6.09 Å². The number of amides is 1. The molecule has 6 heteroatoms. The standard InChI is InChI=1S/C12H18N4O2/c1-18-12(17)14-11-8-7-10(15-16-11)13-9-5-3-2-4-6-9/h7-9H,2-6H2,1H3,(H,13,15)(H,14,16,17). The van der Waals surface area contributed by atoms with Crippen molar-refractivity contribution >= 4 is 17.7 Å². The van der Waals surface area contributed by atoms with Crippen LogP contribution in [0.25, 0.3) is 0 Å². The predicted molar refractivity (Wildman–Crippen MR) is 68.6 cm³/mol. The number of carbonyl (C=O) groups excluding carboxylic acids is 1. The summed E-state index contributed by atoms with van der Waals surface area (Å²) in [4.78, 5) is 11.0. The highest BCUT2D eigenvalue weighted by molar-refractivity contribution is 5.83. The smallest absolute Gasteiger partial charge is 0.412 e. The predicted octanol–water partition coefficient (Wildman–Crippen LogP) is 2.40. The van der Waals surface area contributed by atoms with Gasteiger partial charge in [0.2, 0.25) is 0 Å². The Balaban J connectivity index is 1.88. The van der Waals surface area contributed by atoms with Gasteiger partial charge in [-0.05, 0) is 25.0 Å². The van der Waals surface area contributed by atoms with Crippen LogP contribution in [0.5, 0.6) is 0 Å². The van der Waals surface area contributed by atoms with Crippen molar-refractivity contribution in [2.24, 2.45) is 0 Å². The maximum absolute atomic E-state index is 11.0. The molecule has 1 amide bonds. The number of rotatable bonds is 3. The number of aromatic nitrogens is 2. The molecule has 1 aliphatic carbocycles. The molecule has 2 N–H and O–H groups in total. The number of nitrogens with one attached hydrogen (secondary N) is 2. The molecule has 98 valence electrons. The molecule has 1 aromatic rings. The Labute approximate surface area is 106 Å². The van der Waals surface area contributed by atoms with E-state index in [1.54, 1.807) is 6.07 Å². The number of hydrogen-bond donors (Lipinski definition) is 2. The minimum absolute atomic E-state index is 0.385. The lowest BCUT2D eigenvalue weighted by atomic mass is 9.95. The summed E-state index contributed by atoms with van der Waals surface area (Å²) in [6.07, 6.45) is 5.69. The van der Waals surface area contributed by atoms with Gasteiger partial charge in [-0.1, -0.05) is 19.3 Å². The molecule has 1 aliphatic rings. The Morgan fingerprint density at radius 1 is 1.22 bits per heavy atom. The van der Waals surface area contributed by atoms with E-state index in [0.717, 1.165) is 5.82 Å². The molecular formula is C12H18N4O2. The number of anilines is 2. The van der Waals surface area contributed by atoms with Gasteiger partial charge in [0, 0.05) is 6.04 Å². The Bertz CT molecular complexity index is 388. The molecule has 1 aromatic heterocycles. The summed E-state index contributed by atoms with van der Waals surface area (Å²) in [5.41, 5.74) is 0. The first kappa shape index (κ1) is 12.6. The summed E-state index contributed by atoms with van der Waals surface area (Å²) in [6, 6.07) is 4.01. The maximum Gasteiger partial charge on any atom is 0.412 e. The molecule has 0 atom stereocenters. The lowest BCUT2D eigenvalue weighted by Crippen LogP contribution is -2.23. The lowest BCUT2D eigenvalue weighted by Gasteiger charge is -2.22. The molecule has 0 aromatic carbocycles. The van der Waals surface area contributed by atoms with E-state index in [2.05, 4.69) is 25.6 Å². The highest BCUT2D eigenvalue weighted by Crippen LogP contribution is 2.20. The van der Waals surface area contributed by atoms with Crippen LogP contribution in [0.2, 0.25) is 0 Å². The van der Waals surface area contributed by atoms with Crippen LogP contribution in [0.4, 0.5) is 16.4 Å². The van der Waals surface area contributed by atoms with E-state index in [9.17, 15) is 4.79 Å². The monoisotopic (exact) mass is 250 g/mol. The van der Waals surface area contributed by atoms with Gasteiger partial charge < -0.3 is 10.1 Å². The number of hydrogen-bond acceptors (Lipinski definition) is 5. The van der Waals surface area contributed by atoms with Crippen molar-refractivity contribution in [1.29, 1.82) is 0 Å². The molecule has 0 radical (unpaired) electrons. The highest BCUT2D eigenvalue weighted by atomic mass is 16.5. The second-order valence-electron chi connectivity index (χ2n) is 4.40. The zero-order valence-electron chi connectivity index (χ0n) is 10.5. The van der Waals surface area contributed by atoms with E-state index in [1.165, 1.54) is 39.2 Å². The van der Waals surface area contributed by atoms with Crippen molar-refractivity contribution in [2.45, 2.75) is 38.1 Å². The van der Waals surface area contributed by atoms with Crippen LogP contribution < -0.4 is 10.6 Å². The van der Waals surface area contributed by atoms with Gasteiger partial charge in [0.05, 0.1) is 7.11 Å². The van der Waals surface area contributed by atoms with Crippen molar-refractivity contribution in [3.8, 4) is 0 Å². The third kappa shape index (κ3) is 3.58. The number of carbonyl (C=O) groups is 1. The minimum Gasteiger partial charge on any atom is -0.453 e. The fourth-order valence-electron chi connectivity index (χ4n) is 2.09. The summed E-state index contributed by atoms with van der Waals surface area (Å²) in [5, 5.41) is 13.8. The van der Waals surface area contributed by atoms with Gasteiger partial charge in [-0.2, -0.15) is 0 Å². The molecular weight excluding hydrogens is 232 g/mol. The van der Waals surface area contributed by atoms with Crippen molar-refractivity contribution in [3.05, 3.63) is 12.1 Å². The molecule has 0 unspecified atom stereocenters. The van der Waals surface area contributed by atoms with Crippen molar-refractivity contribution in [2.75, 3.05) is 17.7 Å². The van der Waals surface area contributed by atoms with Crippen LogP contribution in [-0.2, 0) is 4.74 Å². The molecule has 2 rings (SSSR count). The molecule has 18 heavy (non-hydrogen) atoms. The van der Waals surface area contributed by atoms with Gasteiger partial charge in [-0.3, -0.25) is 5.32 Å². The van der Waals surface area contributed by atoms with Gasteiger partial charge in [0.15, 0.2) is 5.82 Å². The Morgan fingerprint density at radius 3 is 2.50 bits per heavy atom. The van der Waals surface area contributed by atoms with Crippen molar-refractivity contribution in [1.82, 2.24) is 10.2 Å². The third-order valence-corrected chi connectivity index (χ3v) is 3.04. The largest absolute Gasteiger partial charge is 0.453 e. The summed E-state index contributed by atoms with van der Waals surface area (Å²) in [5.74, 6) is 1.13. The fourth-order valence-corrected chi connectivity index (χ4v) is 2.09. The molecule has 1 heterocycles. The zero-order chi connectivity index (χ0) is 12.8. The number of methoxy groups -OCH3 is 1. The normalized spacial score (nSPS) is 16.1. The first-order valence-corrected chi connectivity index (χ1v) is 6.23. The van der Waals surface area contributed by atoms with Gasteiger partial charge in [0.25, 0.3) is 0 Å². The molecule has 0 saturated heterocycles. The topological polar surface area (TPSA) is 76.1 Å². The molecule has 0 aliphatic heterocycles. The average Bonchev–Trinajstić information content (AvgIpc) is 2.42. The summed E-state index contributed by atoms with van der Waals surface area (Å²) in [7, 11) is 1.31. The lowest BCUT2D eigenvalue weighted by molar-refractivity contribution is 0.187. The maximum atomic E-state index is 11.0. The molecule has 1 saturated carbocycles. The fraction of sp³-hybridized carbons (Fsp3) is 0.583. The first-order valence-electron chi connectivity index (χ1n) is 6.23. The minimum atomic E-state index is -0.544. The van der Waals surface area contributed by atoms with Crippen LogP contribution in [0.1, 0.15) is 32.1 Å². The van der Waals surface area contributed by atoms with E-state index in [0.29, 0.717) is 11.9 Å². The third-order valence-electron chi connectivity index (χ3n) is 3.04. The number of ether oxygens (including phenoxy) is 1. The van der Waals surface area contributed by atoms with E-state index in [-0.39, 0.29) is 0 Å². The van der Waals surface area contributed by atoms with Crippen LogP contribution >= 0.6 is 0 Å². The molecule has 0 spiro atoms.